The molecule has 0 radical (unpaired) electrons. The van der Waals surface area contributed by atoms with Gasteiger partial charge < -0.3 is 5.32 Å². The van der Waals surface area contributed by atoms with Gasteiger partial charge in [0.2, 0.25) is 15.9 Å². The van der Waals surface area contributed by atoms with E-state index in [1.165, 1.54) is 12.1 Å². The van der Waals surface area contributed by atoms with Crippen molar-refractivity contribution in [3.05, 3.63) is 62.9 Å². The van der Waals surface area contributed by atoms with Crippen LogP contribution in [-0.2, 0) is 14.8 Å². The summed E-state index contributed by atoms with van der Waals surface area (Å²) in [4.78, 5) is 21.8. The molecule has 8 nitrogen and oxygen atoms in total. The molecule has 0 saturated carbocycles. The van der Waals surface area contributed by atoms with Gasteiger partial charge in [0.15, 0.2) is 0 Å². The van der Waals surface area contributed by atoms with Gasteiger partial charge in [-0.2, -0.15) is 0 Å². The molecule has 138 valence electrons. The van der Waals surface area contributed by atoms with E-state index in [2.05, 4.69) is 26.0 Å². The number of benzene rings is 2. The molecule has 0 fully saturated rings. The molecule has 0 spiro atoms. The van der Waals surface area contributed by atoms with Crippen LogP contribution in [0.15, 0.2) is 51.8 Å². The molecule has 0 saturated heterocycles. The van der Waals surface area contributed by atoms with Gasteiger partial charge in [-0.15, -0.1) is 0 Å². The summed E-state index contributed by atoms with van der Waals surface area (Å²) in [6.07, 6.45) is -0.280. The predicted octanol–water partition coefficient (Wildman–Crippen LogP) is 2.80. The molecular formula is C15H13BrFN3O5S. The fourth-order valence-electron chi connectivity index (χ4n) is 1.93. The number of nitro benzene ring substituents is 1. The van der Waals surface area contributed by atoms with Gasteiger partial charge in [0.05, 0.1) is 15.5 Å². The van der Waals surface area contributed by atoms with Gasteiger partial charge in [0, 0.05) is 29.6 Å². The van der Waals surface area contributed by atoms with Gasteiger partial charge >= 0.3 is 0 Å². The van der Waals surface area contributed by atoms with E-state index >= 15 is 0 Å². The quantitative estimate of drug-likeness (QED) is 0.501. The lowest BCUT2D eigenvalue weighted by Crippen LogP contribution is -2.28. The standard InChI is InChI=1S/C15H13BrFN3O5S/c16-10-1-4-12(5-2-10)26(24,25)18-8-7-15(21)19-14-9-11(20(22)23)3-6-13(14)17/h1-6,9,18H,7-8H2,(H,19,21). The van der Waals surface area contributed by atoms with Gasteiger partial charge in [-0.25, -0.2) is 17.5 Å². The van der Waals surface area contributed by atoms with E-state index in [0.717, 1.165) is 22.7 Å². The monoisotopic (exact) mass is 445 g/mol. The number of hydrogen-bond donors (Lipinski definition) is 2. The van der Waals surface area contributed by atoms with Crippen molar-refractivity contribution in [1.82, 2.24) is 4.72 Å². The Morgan fingerprint density at radius 1 is 1.19 bits per heavy atom. The number of anilines is 1. The van der Waals surface area contributed by atoms with Crippen LogP contribution < -0.4 is 10.0 Å². The zero-order valence-corrected chi connectivity index (χ0v) is 15.5. The molecule has 0 atom stereocenters. The van der Waals surface area contributed by atoms with Gasteiger partial charge in [0.1, 0.15) is 5.82 Å². The van der Waals surface area contributed by atoms with Crippen LogP contribution in [0.4, 0.5) is 15.8 Å². The molecule has 0 aliphatic carbocycles. The third-order valence-electron chi connectivity index (χ3n) is 3.20. The van der Waals surface area contributed by atoms with Crippen molar-refractivity contribution in [2.45, 2.75) is 11.3 Å². The fraction of sp³-hybridized carbons (Fsp3) is 0.133. The summed E-state index contributed by atoms with van der Waals surface area (Å²) in [5.74, 6) is -1.53. The molecule has 26 heavy (non-hydrogen) atoms. The van der Waals surface area contributed by atoms with Crippen molar-refractivity contribution in [3.63, 3.8) is 0 Å². The molecule has 0 bridgehead atoms. The van der Waals surface area contributed by atoms with Crippen LogP contribution in [0, 0.1) is 15.9 Å². The smallest absolute Gasteiger partial charge is 0.271 e. The highest BCUT2D eigenvalue weighted by Crippen LogP contribution is 2.21. The van der Waals surface area contributed by atoms with Crippen LogP contribution in [0.5, 0.6) is 0 Å². The maximum absolute atomic E-state index is 13.6. The zero-order chi connectivity index (χ0) is 19.3. The molecule has 0 aromatic heterocycles. The maximum atomic E-state index is 13.6. The molecule has 0 aliphatic rings. The van der Waals surface area contributed by atoms with E-state index in [0.29, 0.717) is 0 Å². The minimum Gasteiger partial charge on any atom is -0.323 e. The second kappa shape index (κ2) is 8.34. The first-order chi connectivity index (χ1) is 12.2. The number of carbonyl (C=O) groups is 1. The van der Waals surface area contributed by atoms with E-state index in [1.807, 2.05) is 0 Å². The van der Waals surface area contributed by atoms with Crippen molar-refractivity contribution in [1.29, 1.82) is 0 Å². The molecule has 1 amide bonds. The second-order valence-corrected chi connectivity index (χ2v) is 7.75. The first kappa shape index (κ1) is 19.9. The summed E-state index contributed by atoms with van der Waals surface area (Å²) < 4.78 is 40.7. The SMILES string of the molecule is O=C(CCNS(=O)(=O)c1ccc(Br)cc1)Nc1cc([N+](=O)[O-])ccc1F. The largest absolute Gasteiger partial charge is 0.323 e. The third-order valence-corrected chi connectivity index (χ3v) is 5.21. The van der Waals surface area contributed by atoms with E-state index in [1.54, 1.807) is 12.1 Å². The van der Waals surface area contributed by atoms with Crippen LogP contribution in [0.25, 0.3) is 0 Å². The van der Waals surface area contributed by atoms with Crippen LogP contribution >= 0.6 is 15.9 Å². The summed E-state index contributed by atoms with van der Waals surface area (Å²) in [6, 6.07) is 8.63. The molecule has 0 heterocycles. The highest BCUT2D eigenvalue weighted by molar-refractivity contribution is 9.10. The van der Waals surface area contributed by atoms with E-state index in [9.17, 15) is 27.7 Å². The number of nitro groups is 1. The van der Waals surface area contributed by atoms with Crippen LogP contribution in [0.1, 0.15) is 6.42 Å². The summed E-state index contributed by atoms with van der Waals surface area (Å²) in [6.45, 7) is -0.221. The Balaban J connectivity index is 1.94. The number of sulfonamides is 1. The molecule has 2 aromatic carbocycles. The number of nitrogens with zero attached hydrogens (tertiary/aromatic N) is 1. The second-order valence-electron chi connectivity index (χ2n) is 5.07. The molecule has 2 N–H and O–H groups in total. The number of hydrogen-bond acceptors (Lipinski definition) is 5. The number of non-ortho nitro benzene ring substituents is 1. The Hall–Kier alpha value is -2.37. The maximum Gasteiger partial charge on any atom is 0.271 e. The van der Waals surface area contributed by atoms with E-state index < -0.39 is 26.7 Å². The lowest BCUT2D eigenvalue weighted by atomic mass is 10.2. The molecular weight excluding hydrogens is 433 g/mol. The van der Waals surface area contributed by atoms with Crippen molar-refractivity contribution in [2.75, 3.05) is 11.9 Å². The van der Waals surface area contributed by atoms with Crippen LogP contribution in [0.3, 0.4) is 0 Å². The van der Waals surface area contributed by atoms with Crippen molar-refractivity contribution in [2.24, 2.45) is 0 Å². The highest BCUT2D eigenvalue weighted by atomic mass is 79.9. The summed E-state index contributed by atoms with van der Waals surface area (Å²) in [5, 5.41) is 12.9. The summed E-state index contributed by atoms with van der Waals surface area (Å²) in [7, 11) is -3.79. The Kier molecular flexibility index (Phi) is 6.40. The zero-order valence-electron chi connectivity index (χ0n) is 13.1. The van der Waals surface area contributed by atoms with Crippen molar-refractivity contribution in [3.8, 4) is 0 Å². The molecule has 0 unspecified atom stereocenters. The third kappa shape index (κ3) is 5.31. The first-order valence-electron chi connectivity index (χ1n) is 7.18. The van der Waals surface area contributed by atoms with Gasteiger partial charge in [0.25, 0.3) is 5.69 Å². The Bertz CT molecular complexity index is 935. The fourth-order valence-corrected chi connectivity index (χ4v) is 3.23. The number of halogens is 2. The van der Waals surface area contributed by atoms with Gasteiger partial charge in [-0.05, 0) is 30.3 Å². The Morgan fingerprint density at radius 2 is 1.85 bits per heavy atom. The molecule has 2 aromatic rings. The van der Waals surface area contributed by atoms with Crippen molar-refractivity contribution < 1.29 is 22.5 Å². The number of rotatable bonds is 7. The number of amides is 1. The molecule has 2 rings (SSSR count). The first-order valence-corrected chi connectivity index (χ1v) is 9.46. The predicted molar refractivity (Wildman–Crippen MR) is 95.6 cm³/mol. The molecule has 11 heteroatoms. The lowest BCUT2D eigenvalue weighted by molar-refractivity contribution is -0.384. The topological polar surface area (TPSA) is 118 Å². The Morgan fingerprint density at radius 3 is 2.46 bits per heavy atom. The summed E-state index contributed by atoms with van der Waals surface area (Å²) in [5.41, 5.74) is -0.724. The van der Waals surface area contributed by atoms with E-state index in [-0.39, 0.29) is 29.2 Å². The van der Waals surface area contributed by atoms with Crippen LogP contribution in [-0.4, -0.2) is 25.8 Å². The van der Waals surface area contributed by atoms with Crippen LogP contribution in [0.2, 0.25) is 0 Å². The van der Waals surface area contributed by atoms with Gasteiger partial charge in [-0.3, -0.25) is 14.9 Å². The number of carbonyl (C=O) groups excluding carboxylic acids is 1. The number of nitrogens with one attached hydrogen (secondary N) is 2. The molecule has 0 aliphatic heterocycles. The highest BCUT2D eigenvalue weighted by Gasteiger charge is 2.16. The normalized spacial score (nSPS) is 11.2. The summed E-state index contributed by atoms with van der Waals surface area (Å²) >= 11 is 3.19. The Labute approximate surface area is 156 Å². The lowest BCUT2D eigenvalue weighted by Gasteiger charge is -2.08. The minimum atomic E-state index is -3.79. The van der Waals surface area contributed by atoms with E-state index in [4.69, 9.17) is 0 Å². The van der Waals surface area contributed by atoms with Crippen molar-refractivity contribution >= 4 is 43.2 Å². The minimum absolute atomic E-state index is 0.0332. The van der Waals surface area contributed by atoms with Gasteiger partial charge in [-0.1, -0.05) is 15.9 Å². The average molecular weight is 446 g/mol. The average Bonchev–Trinajstić information content (AvgIpc) is 2.57.